The number of nitro benzene ring substituents is 1. The Bertz CT molecular complexity index is 2860. The third-order valence-corrected chi connectivity index (χ3v) is 18.9. The minimum atomic E-state index is -4.64. The number of aryl methyl sites for hydroxylation is 2. The number of fused-ring (bicyclic) bond motifs is 3. The Morgan fingerprint density at radius 3 is 2.46 bits per heavy atom. The first-order valence-electron chi connectivity index (χ1n) is 20.9. The molecule has 1 saturated carbocycles. The Kier molecular flexibility index (Phi) is 13.1. The number of non-ortho nitro benzene ring substituents is 1. The van der Waals surface area contributed by atoms with Crippen molar-refractivity contribution >= 4 is 61.5 Å². The quantitative estimate of drug-likeness (QED) is 0.0208. The van der Waals surface area contributed by atoms with Gasteiger partial charge >= 0.3 is 7.82 Å². The lowest BCUT2D eigenvalue weighted by Gasteiger charge is -2.44. The summed E-state index contributed by atoms with van der Waals surface area (Å²) in [4.78, 5) is 50.0. The summed E-state index contributed by atoms with van der Waals surface area (Å²) < 4.78 is 53.2. The van der Waals surface area contributed by atoms with E-state index >= 15 is 0 Å². The first kappa shape index (κ1) is 46.5. The zero-order chi connectivity index (χ0) is 46.4. The Balaban J connectivity index is 1.12. The largest absolute Gasteiger partial charge is 0.475 e. The third-order valence-electron chi connectivity index (χ3n) is 12.7. The monoisotopic (exact) mass is 953 g/mol. The maximum atomic E-state index is 15.0. The molecule has 0 amide bonds. The van der Waals surface area contributed by atoms with Crippen LogP contribution in [0.4, 0.5) is 5.69 Å². The molecular weight excluding hydrogens is 905 g/mol. The number of phosphoric ester groups is 1. The molecule has 0 spiro atoms. The molecule has 2 fully saturated rings. The highest BCUT2D eigenvalue weighted by Crippen LogP contribution is 2.57. The molecule has 5 aromatic heterocycles. The number of hydrogen-bond donors (Lipinski definition) is 2. The van der Waals surface area contributed by atoms with Crippen LogP contribution in [0, 0.1) is 28.5 Å². The zero-order valence-electron chi connectivity index (χ0n) is 36.2. The number of aliphatic hydroxyl groups is 2. The van der Waals surface area contributed by atoms with Crippen LogP contribution >= 0.6 is 19.4 Å². The smallest absolute Gasteiger partial charge is 0.408 e. The van der Waals surface area contributed by atoms with Crippen LogP contribution in [0.1, 0.15) is 45.0 Å². The molecule has 346 valence electrons. The van der Waals surface area contributed by atoms with Gasteiger partial charge in [-0.1, -0.05) is 44.5 Å². The predicted octanol–water partition coefficient (Wildman–Crippen LogP) is 5.39. The maximum absolute atomic E-state index is 15.0. The predicted molar refractivity (Wildman–Crippen MR) is 237 cm³/mol. The van der Waals surface area contributed by atoms with Crippen LogP contribution in [0.15, 0.2) is 60.4 Å². The van der Waals surface area contributed by atoms with E-state index < -0.39 is 57.8 Å². The van der Waals surface area contributed by atoms with Crippen molar-refractivity contribution < 1.29 is 42.4 Å². The number of imidazole rings is 3. The van der Waals surface area contributed by atoms with Crippen molar-refractivity contribution in [3.8, 4) is 0 Å². The summed E-state index contributed by atoms with van der Waals surface area (Å²) in [5, 5.41) is 32.4. The molecule has 6 heterocycles. The van der Waals surface area contributed by atoms with E-state index in [2.05, 4.69) is 24.8 Å². The Hall–Kier alpha value is -4.99. The fourth-order valence-corrected chi connectivity index (χ4v) is 10.9. The van der Waals surface area contributed by atoms with Crippen LogP contribution < -0.4 is 5.56 Å². The van der Waals surface area contributed by atoms with Crippen molar-refractivity contribution in [1.29, 1.82) is 0 Å². The van der Waals surface area contributed by atoms with Crippen molar-refractivity contribution in [2.75, 3.05) is 33.0 Å². The van der Waals surface area contributed by atoms with Crippen molar-refractivity contribution in [3.63, 3.8) is 0 Å². The van der Waals surface area contributed by atoms with E-state index in [0.717, 1.165) is 5.56 Å². The summed E-state index contributed by atoms with van der Waals surface area (Å²) in [6.45, 7) is 16.5. The fraction of sp³-hybridized carbons (Fsp3) is 0.525. The van der Waals surface area contributed by atoms with Crippen molar-refractivity contribution in [1.82, 2.24) is 43.0 Å². The van der Waals surface area contributed by atoms with Gasteiger partial charge < -0.3 is 33.4 Å². The van der Waals surface area contributed by atoms with Gasteiger partial charge in [0.25, 0.3) is 11.2 Å². The molecule has 8 atom stereocenters. The lowest BCUT2D eigenvalue weighted by Crippen LogP contribution is -2.50. The van der Waals surface area contributed by atoms with Gasteiger partial charge in [0, 0.05) is 49.6 Å². The van der Waals surface area contributed by atoms with Crippen molar-refractivity contribution in [2.45, 2.75) is 88.9 Å². The number of benzene rings is 1. The minimum Gasteiger partial charge on any atom is -0.408 e. The normalized spacial score (nSPS) is 23.5. The van der Waals surface area contributed by atoms with E-state index in [1.54, 1.807) is 35.4 Å². The lowest BCUT2D eigenvalue weighted by molar-refractivity contribution is -0.384. The van der Waals surface area contributed by atoms with Crippen LogP contribution in [-0.2, 0) is 40.3 Å². The van der Waals surface area contributed by atoms with Gasteiger partial charge in [-0.05, 0) is 42.5 Å². The van der Waals surface area contributed by atoms with Crippen LogP contribution in [-0.4, -0.2) is 118 Å². The molecule has 65 heavy (non-hydrogen) atoms. The molecule has 8 rings (SSSR count). The standard InChI is InChI=1S/C40H49ClN11O11PSi/c1-40(2,3)65(5,6)63-32-29(19-54)61-38(51-23-46-31-36(51)47-39-48(14-15-49(39)37(31)55)13-11-24-7-9-26(10-8-24)52(56)57)33(32)62-64(58,59-16-12-42-4)60-20-25-17-28(27(25)18-53)50-22-45-30-34(41)43-21-44-35(30)50/h7-10,14-15,21-23,25,27-29,32-33,38,53-54H,11-13,16-20H2,1-3,5-6H3/t25-,27-,28-,29-,32-,33-,38-,64?/m1/s1. The average Bonchev–Trinajstić information content (AvgIpc) is 4.05. The van der Waals surface area contributed by atoms with Crippen molar-refractivity contribution in [2.24, 2.45) is 11.8 Å². The minimum absolute atomic E-state index is 0.00555. The van der Waals surface area contributed by atoms with Crippen LogP contribution in [0.5, 0.6) is 0 Å². The maximum Gasteiger partial charge on any atom is 0.475 e. The van der Waals surface area contributed by atoms with Gasteiger partial charge in [0.15, 0.2) is 36.5 Å². The number of hydrogen-bond acceptors (Lipinski definition) is 16. The van der Waals surface area contributed by atoms with E-state index in [-0.39, 0.29) is 77.1 Å². The molecule has 1 unspecified atom stereocenters. The lowest BCUT2D eigenvalue weighted by atomic mass is 9.70. The van der Waals surface area contributed by atoms with Crippen LogP contribution in [0.25, 0.3) is 33.0 Å². The second-order valence-electron chi connectivity index (χ2n) is 17.6. The van der Waals surface area contributed by atoms with Gasteiger partial charge in [0.2, 0.25) is 12.3 Å². The molecule has 1 saturated heterocycles. The molecule has 25 heteroatoms. The molecule has 22 nitrogen and oxygen atoms in total. The number of aliphatic hydroxyl groups excluding tert-OH is 2. The van der Waals surface area contributed by atoms with Gasteiger partial charge in [-0.25, -0.2) is 35.5 Å². The summed E-state index contributed by atoms with van der Waals surface area (Å²) in [7, 11) is -7.34. The zero-order valence-corrected chi connectivity index (χ0v) is 38.9. The highest BCUT2D eigenvalue weighted by molar-refractivity contribution is 7.48. The van der Waals surface area contributed by atoms with E-state index in [1.807, 2.05) is 38.4 Å². The van der Waals surface area contributed by atoms with Crippen LogP contribution in [0.3, 0.4) is 0 Å². The SMILES string of the molecule is [C-]#[N+]CCOP(=O)(OC[C@H]1C[C@@H](n2cnc3c(Cl)ncnc32)[C@@H]1CO)O[C@@H]1[C@H](O[Si](C)(C)C(C)(C)C)[C@@H](CO)O[C@H]1n1cnc2c(=O)n3ccn(CCc4ccc([N+](=O)[O-])cc4)c3nc21. The third kappa shape index (κ3) is 9.00. The number of rotatable bonds is 18. The number of ether oxygens (including phenoxy) is 1. The van der Waals surface area contributed by atoms with E-state index in [0.29, 0.717) is 30.6 Å². The van der Waals surface area contributed by atoms with Gasteiger partial charge in [-0.2, -0.15) is 4.98 Å². The molecule has 2 aliphatic rings. The molecule has 2 N–H and O–H groups in total. The Morgan fingerprint density at radius 1 is 1.03 bits per heavy atom. The molecule has 1 aromatic carbocycles. The second kappa shape index (κ2) is 18.4. The summed E-state index contributed by atoms with van der Waals surface area (Å²) in [5.41, 5.74) is 1.35. The average molecular weight is 954 g/mol. The first-order valence-corrected chi connectivity index (χ1v) is 25.7. The highest BCUT2D eigenvalue weighted by Gasteiger charge is 2.55. The Labute approximate surface area is 377 Å². The highest BCUT2D eigenvalue weighted by atomic mass is 35.5. The molecule has 1 aliphatic carbocycles. The van der Waals surface area contributed by atoms with Gasteiger partial charge in [-0.15, -0.1) is 0 Å². The molecule has 0 bridgehead atoms. The molecule has 0 radical (unpaired) electrons. The number of halogens is 1. The van der Waals surface area contributed by atoms with Gasteiger partial charge in [0.1, 0.15) is 36.8 Å². The summed E-state index contributed by atoms with van der Waals surface area (Å²) in [6.07, 6.45) is 3.83. The molecule has 6 aromatic rings. The number of phosphoric acid groups is 1. The Morgan fingerprint density at radius 2 is 1.77 bits per heavy atom. The number of nitro groups is 1. The van der Waals surface area contributed by atoms with Crippen molar-refractivity contribution in [3.05, 3.63) is 98.2 Å². The number of nitrogens with zero attached hydrogens (tertiary/aromatic N) is 11. The molecular formula is C40H49ClN11O11PSi. The van der Waals surface area contributed by atoms with Crippen LogP contribution in [0.2, 0.25) is 23.3 Å². The van der Waals surface area contributed by atoms with E-state index in [1.165, 1.54) is 33.8 Å². The van der Waals surface area contributed by atoms with Gasteiger partial charge in [-0.3, -0.25) is 33.0 Å². The number of aromatic nitrogens is 9. The molecule has 1 aliphatic heterocycles. The first-order chi connectivity index (χ1) is 31.0. The topological polar surface area (TPSA) is 252 Å². The van der Waals surface area contributed by atoms with E-state index in [9.17, 15) is 29.7 Å². The second-order valence-corrected chi connectivity index (χ2v) is 24.3. The van der Waals surface area contributed by atoms with Gasteiger partial charge in [0.05, 0.1) is 30.8 Å². The summed E-state index contributed by atoms with van der Waals surface area (Å²) in [6, 6.07) is 5.97. The summed E-state index contributed by atoms with van der Waals surface area (Å²) in [5.74, 6) is -0.432. The summed E-state index contributed by atoms with van der Waals surface area (Å²) >= 11 is 6.25. The van der Waals surface area contributed by atoms with E-state index in [4.69, 9.17) is 45.9 Å². The fourth-order valence-electron chi connectivity index (χ4n) is 8.02.